The largest absolute Gasteiger partial charge is 0.322 e. The van der Waals surface area contributed by atoms with Crippen LogP contribution in [0.1, 0.15) is 88.3 Å². The Hall–Kier alpha value is -3.81. The molecule has 210 valence electrons. The molecule has 1 saturated heterocycles. The van der Waals surface area contributed by atoms with Crippen molar-refractivity contribution in [3.05, 3.63) is 106 Å². The SMILES string of the molecule is N[C@]1(N2C(=O)CCC(N3Cc4cc(CN[C@H]5CCCc6ccccc65)ccc4C3=O)C2=O)CCCc2ccccc21. The maximum atomic E-state index is 14.0. The molecule has 1 unspecified atom stereocenters. The fraction of sp³-hybridized carbons (Fsp3) is 0.382. The van der Waals surface area contributed by atoms with Gasteiger partial charge in [0, 0.05) is 31.1 Å². The summed E-state index contributed by atoms with van der Waals surface area (Å²) in [4.78, 5) is 43.7. The molecule has 4 aliphatic rings. The van der Waals surface area contributed by atoms with Crippen LogP contribution in [0.2, 0.25) is 0 Å². The third-order valence-corrected chi connectivity index (χ3v) is 9.57. The van der Waals surface area contributed by atoms with Gasteiger partial charge in [0.1, 0.15) is 11.7 Å². The van der Waals surface area contributed by atoms with E-state index in [-0.39, 0.29) is 24.1 Å². The highest BCUT2D eigenvalue weighted by atomic mass is 16.2. The quantitative estimate of drug-likeness (QED) is 0.459. The molecule has 7 rings (SSSR count). The monoisotopic (exact) mass is 548 g/mol. The topological polar surface area (TPSA) is 95.7 Å². The zero-order chi connectivity index (χ0) is 28.1. The molecule has 3 atom stereocenters. The molecule has 2 aliphatic carbocycles. The summed E-state index contributed by atoms with van der Waals surface area (Å²) in [6, 6.07) is 22.1. The predicted molar refractivity (Wildman–Crippen MR) is 155 cm³/mol. The van der Waals surface area contributed by atoms with E-state index < -0.39 is 11.7 Å². The van der Waals surface area contributed by atoms with Gasteiger partial charge in [-0.1, -0.05) is 60.7 Å². The number of nitrogens with two attached hydrogens (primary N) is 1. The summed E-state index contributed by atoms with van der Waals surface area (Å²) in [6.07, 6.45) is 6.12. The molecule has 0 bridgehead atoms. The first kappa shape index (κ1) is 26.1. The van der Waals surface area contributed by atoms with Crippen molar-refractivity contribution in [3.63, 3.8) is 0 Å². The number of piperidine rings is 1. The van der Waals surface area contributed by atoms with E-state index in [4.69, 9.17) is 5.73 Å². The molecule has 7 heteroatoms. The third-order valence-electron chi connectivity index (χ3n) is 9.57. The average Bonchev–Trinajstić information content (AvgIpc) is 3.31. The second-order valence-electron chi connectivity index (χ2n) is 12.0. The zero-order valence-electron chi connectivity index (χ0n) is 23.3. The number of benzene rings is 3. The molecule has 0 saturated carbocycles. The van der Waals surface area contributed by atoms with E-state index in [0.29, 0.717) is 37.5 Å². The first-order valence-electron chi connectivity index (χ1n) is 14.9. The number of nitrogens with one attached hydrogen (secondary N) is 1. The first-order chi connectivity index (χ1) is 19.9. The van der Waals surface area contributed by atoms with E-state index in [1.54, 1.807) is 4.90 Å². The standard InChI is InChI=1S/C34H36N4O3/c35-34(18-6-10-24-8-2-4-12-28(24)34)38-31(39)17-16-30(33(38)41)37-21-25-19-22(14-15-27(25)32(37)40)20-36-29-13-5-9-23-7-1-3-11-26(23)29/h1-4,7-8,11-12,14-15,19,29-30,36H,5-6,9-10,13,16-18,20-21,35H2/t29-,30?,34-/m0/s1. The number of carbonyl (C=O) groups excluding carboxylic acids is 3. The van der Waals surface area contributed by atoms with Gasteiger partial charge in [0.05, 0.1) is 0 Å². The smallest absolute Gasteiger partial charge is 0.255 e. The summed E-state index contributed by atoms with van der Waals surface area (Å²) >= 11 is 0. The van der Waals surface area contributed by atoms with Gasteiger partial charge in [0.15, 0.2) is 0 Å². The first-order valence-corrected chi connectivity index (χ1v) is 14.9. The van der Waals surface area contributed by atoms with Crippen LogP contribution in [0.25, 0.3) is 0 Å². The Kier molecular flexibility index (Phi) is 6.51. The molecule has 1 fully saturated rings. The number of likely N-dealkylation sites (tertiary alicyclic amines) is 1. The highest BCUT2D eigenvalue weighted by molar-refractivity contribution is 6.06. The van der Waals surface area contributed by atoms with Crippen LogP contribution in [0.3, 0.4) is 0 Å². The number of carbonyl (C=O) groups is 3. The van der Waals surface area contributed by atoms with Gasteiger partial charge in [-0.2, -0.15) is 0 Å². The van der Waals surface area contributed by atoms with Crippen LogP contribution in [-0.2, 0) is 41.2 Å². The van der Waals surface area contributed by atoms with Gasteiger partial charge < -0.3 is 16.0 Å². The lowest BCUT2D eigenvalue weighted by atomic mass is 9.80. The van der Waals surface area contributed by atoms with Crippen molar-refractivity contribution < 1.29 is 14.4 Å². The summed E-state index contributed by atoms with van der Waals surface area (Å²) in [5, 5.41) is 3.73. The minimum Gasteiger partial charge on any atom is -0.322 e. The summed E-state index contributed by atoms with van der Waals surface area (Å²) in [7, 11) is 0. The number of fused-ring (bicyclic) bond motifs is 3. The second kappa shape index (κ2) is 10.2. The Labute approximate surface area is 240 Å². The van der Waals surface area contributed by atoms with Crippen LogP contribution in [0.4, 0.5) is 0 Å². The Morgan fingerprint density at radius 1 is 0.854 bits per heavy atom. The summed E-state index contributed by atoms with van der Waals surface area (Å²) in [5.74, 6) is -0.768. The van der Waals surface area contributed by atoms with E-state index in [1.165, 1.54) is 22.4 Å². The van der Waals surface area contributed by atoms with E-state index in [1.807, 2.05) is 36.4 Å². The number of imide groups is 1. The van der Waals surface area contributed by atoms with Crippen LogP contribution < -0.4 is 11.1 Å². The van der Waals surface area contributed by atoms with Crippen LogP contribution in [0.5, 0.6) is 0 Å². The van der Waals surface area contributed by atoms with Crippen molar-refractivity contribution >= 4 is 17.7 Å². The van der Waals surface area contributed by atoms with Gasteiger partial charge >= 0.3 is 0 Å². The Morgan fingerprint density at radius 3 is 2.51 bits per heavy atom. The molecule has 3 amide bonds. The number of amides is 3. The molecule has 2 aliphatic heterocycles. The van der Waals surface area contributed by atoms with Crippen LogP contribution >= 0.6 is 0 Å². The Bertz CT molecular complexity index is 1550. The van der Waals surface area contributed by atoms with Gasteiger partial charge in [-0.3, -0.25) is 19.3 Å². The molecule has 7 nitrogen and oxygen atoms in total. The van der Waals surface area contributed by atoms with Gasteiger partial charge in [-0.25, -0.2) is 0 Å². The minimum absolute atomic E-state index is 0.150. The van der Waals surface area contributed by atoms with Crippen molar-refractivity contribution in [2.24, 2.45) is 5.73 Å². The molecule has 3 aromatic carbocycles. The fourth-order valence-corrected chi connectivity index (χ4v) is 7.52. The van der Waals surface area contributed by atoms with Crippen molar-refractivity contribution in [2.45, 2.75) is 82.2 Å². The minimum atomic E-state index is -1.19. The molecule has 3 aromatic rings. The van der Waals surface area contributed by atoms with Crippen LogP contribution in [0, 0.1) is 0 Å². The van der Waals surface area contributed by atoms with E-state index in [9.17, 15) is 14.4 Å². The lowest BCUT2D eigenvalue weighted by Crippen LogP contribution is -2.65. The maximum absolute atomic E-state index is 14.0. The molecule has 0 radical (unpaired) electrons. The molecular formula is C34H36N4O3. The molecule has 3 N–H and O–H groups in total. The highest BCUT2D eigenvalue weighted by Gasteiger charge is 2.51. The number of hydrogen-bond acceptors (Lipinski definition) is 5. The number of aryl methyl sites for hydroxylation is 2. The summed E-state index contributed by atoms with van der Waals surface area (Å²) in [6.45, 7) is 1.07. The summed E-state index contributed by atoms with van der Waals surface area (Å²) in [5.41, 5.74) is 13.1. The Balaban J connectivity index is 1.09. The zero-order valence-corrected chi connectivity index (χ0v) is 23.3. The molecule has 0 aromatic heterocycles. The van der Waals surface area contributed by atoms with Gasteiger partial charge in [-0.15, -0.1) is 0 Å². The normalized spacial score (nSPS) is 25.6. The maximum Gasteiger partial charge on any atom is 0.255 e. The van der Waals surface area contributed by atoms with Crippen molar-refractivity contribution in [3.8, 4) is 0 Å². The number of rotatable bonds is 5. The molecule has 41 heavy (non-hydrogen) atoms. The molecule has 0 spiro atoms. The van der Waals surface area contributed by atoms with Crippen molar-refractivity contribution in [2.75, 3.05) is 0 Å². The lowest BCUT2D eigenvalue weighted by Gasteiger charge is -2.47. The fourth-order valence-electron chi connectivity index (χ4n) is 7.52. The van der Waals surface area contributed by atoms with Crippen molar-refractivity contribution in [1.29, 1.82) is 0 Å². The average molecular weight is 549 g/mol. The van der Waals surface area contributed by atoms with Gasteiger partial charge in [-0.05, 0) is 84.4 Å². The lowest BCUT2D eigenvalue weighted by molar-refractivity contribution is -0.161. The summed E-state index contributed by atoms with van der Waals surface area (Å²) < 4.78 is 0. The van der Waals surface area contributed by atoms with E-state index in [0.717, 1.165) is 47.9 Å². The van der Waals surface area contributed by atoms with E-state index >= 15 is 0 Å². The molecule has 2 heterocycles. The van der Waals surface area contributed by atoms with E-state index in [2.05, 4.69) is 35.6 Å². The number of nitrogens with zero attached hydrogens (tertiary/aromatic N) is 2. The molecular weight excluding hydrogens is 512 g/mol. The Morgan fingerprint density at radius 2 is 1.63 bits per heavy atom. The second-order valence-corrected chi connectivity index (χ2v) is 12.0. The predicted octanol–water partition coefficient (Wildman–Crippen LogP) is 4.48. The number of hydrogen-bond donors (Lipinski definition) is 2. The third kappa shape index (κ3) is 4.39. The van der Waals surface area contributed by atoms with Crippen LogP contribution in [0.15, 0.2) is 66.7 Å². The van der Waals surface area contributed by atoms with Gasteiger partial charge in [0.2, 0.25) is 5.91 Å². The van der Waals surface area contributed by atoms with Crippen LogP contribution in [-0.4, -0.2) is 33.6 Å². The van der Waals surface area contributed by atoms with Crippen molar-refractivity contribution in [1.82, 2.24) is 15.1 Å². The van der Waals surface area contributed by atoms with Gasteiger partial charge in [0.25, 0.3) is 11.8 Å². The highest BCUT2D eigenvalue weighted by Crippen LogP contribution is 2.40.